The molecule has 1 heterocycles. The number of rotatable bonds is 3. The number of carbonyl (C=O) groups is 1. The molecule has 0 saturated carbocycles. The van der Waals surface area contributed by atoms with Crippen LogP contribution in [0, 0.1) is 0 Å². The molecule has 0 saturated heterocycles. The molecule has 0 bridgehead atoms. The largest absolute Gasteiger partial charge is 0.428 e. The van der Waals surface area contributed by atoms with Gasteiger partial charge in [-0.3, -0.25) is 10.1 Å². The molecule has 3 aromatic rings. The van der Waals surface area contributed by atoms with E-state index in [1.165, 1.54) is 36.4 Å². The molecular formula is C22H12Cl4F3NO3. The summed E-state index contributed by atoms with van der Waals surface area (Å²) >= 11 is 24.3. The zero-order valence-corrected chi connectivity index (χ0v) is 19.2. The van der Waals surface area contributed by atoms with E-state index in [1.54, 1.807) is 18.2 Å². The maximum absolute atomic E-state index is 13.2. The molecule has 172 valence electrons. The van der Waals surface area contributed by atoms with Crippen molar-refractivity contribution in [2.45, 2.75) is 15.9 Å². The zero-order chi connectivity index (χ0) is 24.0. The van der Waals surface area contributed by atoms with E-state index in [1.807, 2.05) is 0 Å². The topological polar surface area (TPSA) is 47.6 Å². The van der Waals surface area contributed by atoms with Crippen molar-refractivity contribution in [3.63, 3.8) is 0 Å². The van der Waals surface area contributed by atoms with E-state index >= 15 is 0 Å². The monoisotopic (exact) mass is 535 g/mol. The molecule has 1 aliphatic heterocycles. The molecule has 11 heteroatoms. The number of alkyl halides is 6. The van der Waals surface area contributed by atoms with Crippen LogP contribution in [0.3, 0.4) is 0 Å². The molecule has 0 fully saturated rings. The van der Waals surface area contributed by atoms with Crippen LogP contribution in [0.15, 0.2) is 66.7 Å². The Labute approximate surface area is 206 Å². The first-order chi connectivity index (χ1) is 15.4. The highest BCUT2D eigenvalue weighted by atomic mass is 35.6. The number of ether oxygens (including phenoxy) is 2. The lowest BCUT2D eigenvalue weighted by atomic mass is 9.98. The summed E-state index contributed by atoms with van der Waals surface area (Å²) < 4.78 is 47.8. The van der Waals surface area contributed by atoms with Gasteiger partial charge in [-0.15, -0.1) is 0 Å². The normalized spacial score (nSPS) is 17.7. The smallest absolute Gasteiger partial charge is 0.416 e. The summed E-state index contributed by atoms with van der Waals surface area (Å²) in [6.07, 6.45) is -4.48. The first-order valence-electron chi connectivity index (χ1n) is 9.23. The second kappa shape index (κ2) is 8.47. The third kappa shape index (κ3) is 4.68. The van der Waals surface area contributed by atoms with Gasteiger partial charge in [0.1, 0.15) is 0 Å². The second-order valence-corrected chi connectivity index (χ2v) is 9.70. The van der Waals surface area contributed by atoms with E-state index in [4.69, 9.17) is 55.9 Å². The summed E-state index contributed by atoms with van der Waals surface area (Å²) in [4.78, 5) is 13.2. The maximum Gasteiger partial charge on any atom is 0.416 e. The Balaban J connectivity index is 1.68. The Morgan fingerprint density at radius 1 is 0.879 bits per heavy atom. The number of carbonyl (C=O) groups excluding carboxylic acids is 1. The van der Waals surface area contributed by atoms with Gasteiger partial charge >= 0.3 is 12.1 Å². The van der Waals surface area contributed by atoms with Gasteiger partial charge in [-0.2, -0.15) is 13.2 Å². The van der Waals surface area contributed by atoms with E-state index in [0.29, 0.717) is 16.1 Å². The van der Waals surface area contributed by atoms with Crippen LogP contribution in [0.1, 0.15) is 15.9 Å². The molecule has 4 rings (SSSR count). The summed E-state index contributed by atoms with van der Waals surface area (Å²) in [5.41, 5.74) is 0.00125. The lowest BCUT2D eigenvalue weighted by Crippen LogP contribution is -2.63. The van der Waals surface area contributed by atoms with Crippen molar-refractivity contribution in [2.24, 2.45) is 0 Å². The van der Waals surface area contributed by atoms with Crippen LogP contribution in [-0.2, 0) is 6.18 Å². The summed E-state index contributed by atoms with van der Waals surface area (Å²) in [6, 6.07) is 15.1. The molecule has 4 nitrogen and oxygen atoms in total. The van der Waals surface area contributed by atoms with Gasteiger partial charge < -0.3 is 9.47 Å². The average molecular weight is 537 g/mol. The molecule has 1 aliphatic rings. The van der Waals surface area contributed by atoms with Crippen molar-refractivity contribution in [3.8, 4) is 22.6 Å². The summed E-state index contributed by atoms with van der Waals surface area (Å²) in [7, 11) is 0. The predicted molar refractivity (Wildman–Crippen MR) is 120 cm³/mol. The van der Waals surface area contributed by atoms with Crippen molar-refractivity contribution in [2.75, 3.05) is 0 Å². The Morgan fingerprint density at radius 3 is 2.15 bits per heavy atom. The lowest BCUT2D eigenvalue weighted by Gasteiger charge is -2.33. The second-order valence-electron chi connectivity index (χ2n) is 6.98. The number of nitrogens with one attached hydrogen (secondary N) is 1. The van der Waals surface area contributed by atoms with Crippen LogP contribution in [0.5, 0.6) is 11.5 Å². The van der Waals surface area contributed by atoms with E-state index in [-0.39, 0.29) is 17.1 Å². The van der Waals surface area contributed by atoms with Crippen molar-refractivity contribution in [3.05, 3.63) is 82.9 Å². The van der Waals surface area contributed by atoms with E-state index < -0.39 is 27.4 Å². The Morgan fingerprint density at radius 2 is 1.52 bits per heavy atom. The number of amides is 1. The van der Waals surface area contributed by atoms with Gasteiger partial charge in [0.25, 0.3) is 9.70 Å². The lowest BCUT2D eigenvalue weighted by molar-refractivity contribution is -0.137. The quantitative estimate of drug-likeness (QED) is 0.358. The van der Waals surface area contributed by atoms with Gasteiger partial charge in [-0.1, -0.05) is 76.7 Å². The zero-order valence-electron chi connectivity index (χ0n) is 16.2. The highest BCUT2D eigenvalue weighted by molar-refractivity contribution is 6.68. The Bertz CT molecular complexity index is 1210. The van der Waals surface area contributed by atoms with Crippen LogP contribution in [-0.4, -0.2) is 15.6 Å². The molecule has 0 aromatic heterocycles. The molecule has 0 aliphatic carbocycles. The number of hydrogen-bond donors (Lipinski definition) is 1. The van der Waals surface area contributed by atoms with Crippen molar-refractivity contribution in [1.82, 2.24) is 5.32 Å². The van der Waals surface area contributed by atoms with Crippen molar-refractivity contribution in [1.29, 1.82) is 0 Å². The third-order valence-corrected chi connectivity index (χ3v) is 5.74. The molecule has 0 unspecified atom stereocenters. The van der Waals surface area contributed by atoms with Gasteiger partial charge in [0.15, 0.2) is 11.5 Å². The van der Waals surface area contributed by atoms with E-state index in [2.05, 4.69) is 5.32 Å². The van der Waals surface area contributed by atoms with Crippen LogP contribution in [0.4, 0.5) is 13.2 Å². The fourth-order valence-electron chi connectivity index (χ4n) is 3.20. The van der Waals surface area contributed by atoms with Crippen molar-refractivity contribution < 1.29 is 27.4 Å². The highest BCUT2D eigenvalue weighted by Crippen LogP contribution is 2.49. The Kier molecular flexibility index (Phi) is 6.12. The number of fused-ring (bicyclic) bond motifs is 1. The van der Waals surface area contributed by atoms with Crippen LogP contribution < -0.4 is 14.8 Å². The van der Waals surface area contributed by atoms with Crippen LogP contribution in [0.2, 0.25) is 5.02 Å². The predicted octanol–water partition coefficient (Wildman–Crippen LogP) is 7.25. The third-order valence-electron chi connectivity index (χ3n) is 4.76. The number of halogens is 7. The minimum absolute atomic E-state index is 0.0899. The number of hydrogen-bond acceptors (Lipinski definition) is 3. The van der Waals surface area contributed by atoms with E-state index in [0.717, 1.165) is 12.1 Å². The van der Waals surface area contributed by atoms with Gasteiger partial charge in [0.05, 0.1) is 5.56 Å². The summed E-state index contributed by atoms with van der Waals surface area (Å²) in [5.74, 6) is -2.66. The molecule has 1 atom stereocenters. The minimum atomic E-state index is -4.48. The standard InChI is InChI=1S/C22H12Cl4F3NO3/c23-14-9-10-17-18(11-14)33-22(32-17,21(24,25)26)30-19(31)16-4-2-1-3-15(16)12-5-7-13(8-6-12)20(27,28)29/h1-11H,(H,30,31)/t22-/m0/s1. The van der Waals surface area contributed by atoms with Crippen LogP contribution >= 0.6 is 46.4 Å². The maximum atomic E-state index is 13.2. The molecular weight excluding hydrogens is 525 g/mol. The molecule has 1 N–H and O–H groups in total. The molecule has 0 spiro atoms. The fraction of sp³-hybridized carbons (Fsp3) is 0.136. The number of benzene rings is 3. The van der Waals surface area contributed by atoms with Gasteiger partial charge in [0, 0.05) is 16.7 Å². The molecule has 1 amide bonds. The Hall–Kier alpha value is -2.32. The van der Waals surface area contributed by atoms with Crippen molar-refractivity contribution >= 4 is 52.3 Å². The molecule has 3 aromatic carbocycles. The van der Waals surface area contributed by atoms with Gasteiger partial charge in [-0.25, -0.2) is 0 Å². The summed E-state index contributed by atoms with van der Waals surface area (Å²) in [5, 5.41) is 2.79. The first-order valence-corrected chi connectivity index (χ1v) is 10.7. The van der Waals surface area contributed by atoms with E-state index in [9.17, 15) is 18.0 Å². The highest BCUT2D eigenvalue weighted by Gasteiger charge is 2.59. The average Bonchev–Trinajstić information content (AvgIpc) is 3.11. The SMILES string of the molecule is O=C(N[C@@]1(C(Cl)(Cl)Cl)Oc2ccc(Cl)cc2O1)c1ccccc1-c1ccc(C(F)(F)F)cc1. The fourth-order valence-corrected chi connectivity index (χ4v) is 3.74. The van der Waals surface area contributed by atoms with Gasteiger partial charge in [-0.05, 0) is 41.5 Å². The molecule has 33 heavy (non-hydrogen) atoms. The van der Waals surface area contributed by atoms with Gasteiger partial charge in [0.2, 0.25) is 0 Å². The summed E-state index contributed by atoms with van der Waals surface area (Å²) in [6.45, 7) is 0. The molecule has 0 radical (unpaired) electrons. The minimum Gasteiger partial charge on any atom is -0.428 e. The first kappa shape index (κ1) is 23.8. The van der Waals surface area contributed by atoms with Crippen LogP contribution in [0.25, 0.3) is 11.1 Å².